The van der Waals surface area contributed by atoms with Gasteiger partial charge in [-0.15, -0.1) is 10.2 Å². The molecular formula is C16H20N4O2S. The number of rotatable bonds is 6. The van der Waals surface area contributed by atoms with Crippen LogP contribution in [0.4, 0.5) is 0 Å². The molecule has 2 aromatic rings. The Balaban J connectivity index is 1.56. The van der Waals surface area contributed by atoms with Crippen LogP contribution in [0.15, 0.2) is 24.3 Å². The fourth-order valence-electron chi connectivity index (χ4n) is 2.82. The Morgan fingerprint density at radius 1 is 1.39 bits per heavy atom. The highest BCUT2D eigenvalue weighted by Crippen LogP contribution is 2.14. The highest BCUT2D eigenvalue weighted by Gasteiger charge is 2.17. The first-order chi connectivity index (χ1) is 11.1. The van der Waals surface area contributed by atoms with Crippen molar-refractivity contribution in [2.45, 2.75) is 31.6 Å². The van der Waals surface area contributed by atoms with E-state index in [2.05, 4.69) is 20.1 Å². The second-order valence-electron chi connectivity index (χ2n) is 5.71. The SMILES string of the molecule is C[S@](=O)Cc1cccc(C(=O)NCCc2nnc3n2CCC3)c1. The standard InChI is InChI=1S/C16H20N4O2S/c1-23(22)11-12-4-2-5-13(10-12)16(21)17-8-7-15-19-18-14-6-3-9-20(14)15/h2,4-5,10H,3,6-9,11H2,1H3,(H,17,21)/t23-/m0/s1. The van der Waals surface area contributed by atoms with Crippen molar-refractivity contribution in [3.63, 3.8) is 0 Å². The van der Waals surface area contributed by atoms with Gasteiger partial charge in [0.15, 0.2) is 0 Å². The van der Waals surface area contributed by atoms with Crippen LogP contribution < -0.4 is 5.32 Å². The summed E-state index contributed by atoms with van der Waals surface area (Å²) in [5, 5.41) is 11.3. The van der Waals surface area contributed by atoms with Crippen LogP contribution in [-0.4, -0.2) is 37.7 Å². The normalized spacial score (nSPS) is 14.5. The van der Waals surface area contributed by atoms with E-state index in [1.807, 2.05) is 12.1 Å². The molecule has 1 aliphatic heterocycles. The number of nitrogens with one attached hydrogen (secondary N) is 1. The number of carbonyl (C=O) groups is 1. The molecule has 3 rings (SSSR count). The predicted molar refractivity (Wildman–Crippen MR) is 88.6 cm³/mol. The summed E-state index contributed by atoms with van der Waals surface area (Å²) in [6.45, 7) is 1.50. The number of aryl methyl sites for hydroxylation is 1. The molecule has 1 amide bonds. The van der Waals surface area contributed by atoms with E-state index in [0.717, 1.165) is 36.6 Å². The number of amides is 1. The van der Waals surface area contributed by atoms with Crippen molar-refractivity contribution in [2.75, 3.05) is 12.8 Å². The summed E-state index contributed by atoms with van der Waals surface area (Å²) in [6.07, 6.45) is 4.45. The molecule has 7 heteroatoms. The van der Waals surface area contributed by atoms with E-state index >= 15 is 0 Å². The summed E-state index contributed by atoms with van der Waals surface area (Å²) < 4.78 is 13.4. The van der Waals surface area contributed by atoms with E-state index in [9.17, 15) is 9.00 Å². The molecule has 1 atom stereocenters. The molecule has 1 aromatic carbocycles. The lowest BCUT2D eigenvalue weighted by Crippen LogP contribution is -2.26. The lowest BCUT2D eigenvalue weighted by atomic mass is 10.1. The van der Waals surface area contributed by atoms with Crippen molar-refractivity contribution in [3.8, 4) is 0 Å². The first-order valence-electron chi connectivity index (χ1n) is 7.71. The third kappa shape index (κ3) is 3.85. The third-order valence-electron chi connectivity index (χ3n) is 3.88. The van der Waals surface area contributed by atoms with Gasteiger partial charge in [0.1, 0.15) is 11.6 Å². The molecule has 0 saturated carbocycles. The molecule has 1 N–H and O–H groups in total. The van der Waals surface area contributed by atoms with Gasteiger partial charge in [-0.25, -0.2) is 0 Å². The predicted octanol–water partition coefficient (Wildman–Crippen LogP) is 1.08. The van der Waals surface area contributed by atoms with E-state index < -0.39 is 10.8 Å². The second kappa shape index (κ2) is 7.04. The van der Waals surface area contributed by atoms with Crippen LogP contribution in [0.1, 0.15) is 34.0 Å². The Morgan fingerprint density at radius 3 is 3.09 bits per heavy atom. The van der Waals surface area contributed by atoms with Crippen LogP contribution >= 0.6 is 0 Å². The van der Waals surface area contributed by atoms with E-state index in [-0.39, 0.29) is 5.91 Å². The maximum absolute atomic E-state index is 12.2. The minimum absolute atomic E-state index is 0.116. The molecule has 0 fully saturated rings. The van der Waals surface area contributed by atoms with Crippen molar-refractivity contribution in [2.24, 2.45) is 0 Å². The molecule has 23 heavy (non-hydrogen) atoms. The quantitative estimate of drug-likeness (QED) is 0.858. The van der Waals surface area contributed by atoms with Gasteiger partial charge < -0.3 is 9.88 Å². The van der Waals surface area contributed by atoms with Gasteiger partial charge in [-0.2, -0.15) is 0 Å². The van der Waals surface area contributed by atoms with Gasteiger partial charge >= 0.3 is 0 Å². The lowest BCUT2D eigenvalue weighted by Gasteiger charge is -2.07. The van der Waals surface area contributed by atoms with Crippen LogP contribution in [0.5, 0.6) is 0 Å². The van der Waals surface area contributed by atoms with E-state index in [1.54, 1.807) is 18.4 Å². The number of fused-ring (bicyclic) bond motifs is 1. The van der Waals surface area contributed by atoms with E-state index in [0.29, 0.717) is 24.3 Å². The zero-order chi connectivity index (χ0) is 16.2. The summed E-state index contributed by atoms with van der Waals surface area (Å²) in [5.74, 6) is 2.34. The highest BCUT2D eigenvalue weighted by atomic mass is 32.2. The van der Waals surface area contributed by atoms with Gasteiger partial charge in [-0.3, -0.25) is 9.00 Å². The van der Waals surface area contributed by atoms with Gasteiger partial charge in [0, 0.05) is 54.3 Å². The first kappa shape index (κ1) is 15.9. The molecule has 0 radical (unpaired) electrons. The number of nitrogens with zero attached hydrogens (tertiary/aromatic N) is 3. The molecule has 0 unspecified atom stereocenters. The molecule has 2 heterocycles. The maximum atomic E-state index is 12.2. The van der Waals surface area contributed by atoms with E-state index in [1.165, 1.54) is 0 Å². The summed E-state index contributed by atoms with van der Waals surface area (Å²) in [7, 11) is -0.914. The topological polar surface area (TPSA) is 76.9 Å². The zero-order valence-electron chi connectivity index (χ0n) is 13.1. The molecule has 1 aromatic heterocycles. The van der Waals surface area contributed by atoms with Crippen molar-refractivity contribution in [1.29, 1.82) is 0 Å². The van der Waals surface area contributed by atoms with Gasteiger partial charge in [0.2, 0.25) is 0 Å². The molecule has 0 saturated heterocycles. The summed E-state index contributed by atoms with van der Waals surface area (Å²) in [6, 6.07) is 7.28. The number of benzene rings is 1. The summed E-state index contributed by atoms with van der Waals surface area (Å²) in [5.41, 5.74) is 1.51. The van der Waals surface area contributed by atoms with Crippen molar-refractivity contribution < 1.29 is 9.00 Å². The van der Waals surface area contributed by atoms with Crippen LogP contribution in [0.25, 0.3) is 0 Å². The lowest BCUT2D eigenvalue weighted by molar-refractivity contribution is 0.0954. The van der Waals surface area contributed by atoms with Gasteiger partial charge in [0.25, 0.3) is 5.91 Å². The molecule has 122 valence electrons. The molecule has 1 aliphatic rings. The monoisotopic (exact) mass is 332 g/mol. The van der Waals surface area contributed by atoms with Gasteiger partial charge in [0.05, 0.1) is 0 Å². The Bertz CT molecular complexity index is 741. The van der Waals surface area contributed by atoms with Crippen LogP contribution in [0.2, 0.25) is 0 Å². The Morgan fingerprint density at radius 2 is 2.26 bits per heavy atom. The Kier molecular flexibility index (Phi) is 4.85. The largest absolute Gasteiger partial charge is 0.352 e. The van der Waals surface area contributed by atoms with Crippen molar-refractivity contribution in [1.82, 2.24) is 20.1 Å². The number of hydrogen-bond acceptors (Lipinski definition) is 4. The molecule has 0 spiro atoms. The number of carbonyl (C=O) groups excluding carboxylic acids is 1. The van der Waals surface area contributed by atoms with Crippen molar-refractivity contribution >= 4 is 16.7 Å². The molecule has 0 bridgehead atoms. The summed E-state index contributed by atoms with van der Waals surface area (Å²) in [4.78, 5) is 12.2. The summed E-state index contributed by atoms with van der Waals surface area (Å²) >= 11 is 0. The highest BCUT2D eigenvalue weighted by molar-refractivity contribution is 7.83. The van der Waals surface area contributed by atoms with Crippen molar-refractivity contribution in [3.05, 3.63) is 47.0 Å². The zero-order valence-corrected chi connectivity index (χ0v) is 13.9. The van der Waals surface area contributed by atoms with Crippen LogP contribution in [-0.2, 0) is 35.9 Å². The number of hydrogen-bond donors (Lipinski definition) is 1. The number of aromatic nitrogens is 3. The Labute approximate surface area is 137 Å². The third-order valence-corrected chi connectivity index (χ3v) is 4.62. The first-order valence-corrected chi connectivity index (χ1v) is 9.44. The van der Waals surface area contributed by atoms with Crippen LogP contribution in [0.3, 0.4) is 0 Å². The average molecular weight is 332 g/mol. The fraction of sp³-hybridized carbons (Fsp3) is 0.438. The maximum Gasteiger partial charge on any atom is 0.251 e. The molecule has 6 nitrogen and oxygen atoms in total. The van der Waals surface area contributed by atoms with E-state index in [4.69, 9.17) is 0 Å². The Hall–Kier alpha value is -2.02. The van der Waals surface area contributed by atoms with Gasteiger partial charge in [-0.1, -0.05) is 12.1 Å². The van der Waals surface area contributed by atoms with Gasteiger partial charge in [-0.05, 0) is 24.1 Å². The minimum atomic E-state index is -0.914. The molecular weight excluding hydrogens is 312 g/mol. The smallest absolute Gasteiger partial charge is 0.251 e. The molecule has 0 aliphatic carbocycles. The fourth-order valence-corrected chi connectivity index (χ4v) is 3.47. The minimum Gasteiger partial charge on any atom is -0.352 e. The van der Waals surface area contributed by atoms with Crippen LogP contribution in [0, 0.1) is 0 Å². The average Bonchev–Trinajstić information content (AvgIpc) is 3.11. The second-order valence-corrected chi connectivity index (χ2v) is 7.15.